The van der Waals surface area contributed by atoms with Crippen molar-refractivity contribution in [3.05, 3.63) is 24.3 Å². The normalized spacial score (nSPS) is 19.8. The topological polar surface area (TPSA) is 55.3 Å². The van der Waals surface area contributed by atoms with Crippen molar-refractivity contribution in [3.63, 3.8) is 0 Å². The molecular weight excluding hydrogens is 379 g/mol. The first-order valence-electron chi connectivity index (χ1n) is 9.81. The van der Waals surface area contributed by atoms with Gasteiger partial charge in [-0.25, -0.2) is 0 Å². The highest BCUT2D eigenvalue weighted by molar-refractivity contribution is 5.85. The largest absolute Gasteiger partial charge is 1.00 e. The van der Waals surface area contributed by atoms with Gasteiger partial charge in [0.1, 0.15) is 6.04 Å². The maximum absolute atomic E-state index is 6.51. The number of nitrogen functional groups attached to an aromatic ring is 1. The second-order valence-corrected chi connectivity index (χ2v) is 8.91. The Morgan fingerprint density at radius 3 is 2.30 bits per heavy atom. The number of anilines is 2. The van der Waals surface area contributed by atoms with Crippen LogP contribution in [0.15, 0.2) is 24.3 Å². The van der Waals surface area contributed by atoms with Crippen LogP contribution in [0.25, 0.3) is 0 Å². The molecule has 2 rings (SSSR count). The van der Waals surface area contributed by atoms with Crippen LogP contribution in [0.1, 0.15) is 47.0 Å². The van der Waals surface area contributed by atoms with Crippen molar-refractivity contribution < 1.29 is 16.9 Å². The van der Waals surface area contributed by atoms with Gasteiger partial charge in [-0.1, -0.05) is 20.3 Å². The molecule has 0 amide bonds. The number of benzene rings is 1. The van der Waals surface area contributed by atoms with E-state index in [-0.39, 0.29) is 36.4 Å². The fourth-order valence-electron chi connectivity index (χ4n) is 4.29. The zero-order valence-corrected chi connectivity index (χ0v) is 19.5. The smallest absolute Gasteiger partial charge is 0.108 e. The minimum atomic E-state index is 0. The highest BCUT2D eigenvalue weighted by atomic mass is 35.5. The maximum atomic E-state index is 6.51. The van der Waals surface area contributed by atoms with E-state index < -0.39 is 0 Å². The number of nitrogens with zero attached hydrogens (tertiary/aromatic N) is 2. The van der Waals surface area contributed by atoms with Crippen molar-refractivity contribution in [2.75, 3.05) is 37.8 Å². The minimum Gasteiger partial charge on any atom is -1.00 e. The predicted molar refractivity (Wildman–Crippen MR) is 117 cm³/mol. The Hall–Kier alpha value is -0.680. The molecular formula is C21H40Cl2N4. The molecule has 1 saturated heterocycles. The highest BCUT2D eigenvalue weighted by Gasteiger charge is 2.49. The van der Waals surface area contributed by atoms with Gasteiger partial charge < -0.3 is 33.3 Å². The minimum absolute atomic E-state index is 0. The molecule has 4 nitrogen and oxygen atoms in total. The van der Waals surface area contributed by atoms with Crippen LogP contribution < -0.4 is 28.8 Å². The van der Waals surface area contributed by atoms with E-state index in [2.05, 4.69) is 58.8 Å². The molecule has 1 fully saturated rings. The lowest BCUT2D eigenvalue weighted by Crippen LogP contribution is -3.00. The molecule has 3 unspecified atom stereocenters. The molecule has 0 bridgehead atoms. The molecule has 0 aliphatic carbocycles. The van der Waals surface area contributed by atoms with Crippen LogP contribution in [0, 0.1) is 5.92 Å². The Morgan fingerprint density at radius 2 is 1.78 bits per heavy atom. The number of rotatable bonds is 7. The molecule has 1 heterocycles. The molecule has 1 aliphatic heterocycles. The van der Waals surface area contributed by atoms with Crippen molar-refractivity contribution in [1.82, 2.24) is 0 Å². The summed E-state index contributed by atoms with van der Waals surface area (Å²) in [5.41, 5.74) is 14.6. The van der Waals surface area contributed by atoms with Gasteiger partial charge in [-0.15, -0.1) is 12.4 Å². The number of hydrogen-bond acceptors (Lipinski definition) is 3. The van der Waals surface area contributed by atoms with Gasteiger partial charge in [0.05, 0.1) is 26.2 Å². The standard InChI is InChI=1S/C21H39N4.2ClH/c1-7-8-20(23)16(2)21(3,4)25(5,6)19-13-14-24(15-19)18-11-9-17(22)10-12-18;;/h9-12,16,19-20H,7-8,13-15,22-23H2,1-6H3;2*1H/q+1;;/p-1. The third-order valence-electron chi connectivity index (χ3n) is 7.20. The van der Waals surface area contributed by atoms with Crippen LogP contribution in [0.4, 0.5) is 11.4 Å². The van der Waals surface area contributed by atoms with Crippen LogP contribution in [0.5, 0.6) is 0 Å². The van der Waals surface area contributed by atoms with Gasteiger partial charge >= 0.3 is 0 Å². The monoisotopic (exact) mass is 418 g/mol. The first-order chi connectivity index (χ1) is 11.6. The van der Waals surface area contributed by atoms with Gasteiger partial charge in [0.15, 0.2) is 0 Å². The van der Waals surface area contributed by atoms with Crippen LogP contribution in [-0.2, 0) is 0 Å². The number of nitrogens with two attached hydrogens (primary N) is 2. The maximum Gasteiger partial charge on any atom is 0.108 e. The molecule has 4 N–H and O–H groups in total. The molecule has 158 valence electrons. The number of likely N-dealkylation sites (N-methyl/N-ethyl adjacent to an activating group) is 1. The first kappa shape index (κ1) is 26.3. The molecule has 1 aliphatic rings. The summed E-state index contributed by atoms with van der Waals surface area (Å²) >= 11 is 0. The second-order valence-electron chi connectivity index (χ2n) is 8.91. The molecule has 0 saturated carbocycles. The lowest BCUT2D eigenvalue weighted by molar-refractivity contribution is -0.962. The first-order valence-corrected chi connectivity index (χ1v) is 9.81. The summed E-state index contributed by atoms with van der Waals surface area (Å²) in [7, 11) is 4.79. The zero-order chi connectivity index (χ0) is 18.8. The van der Waals surface area contributed by atoms with Gasteiger partial charge in [-0.05, 0) is 44.5 Å². The summed E-state index contributed by atoms with van der Waals surface area (Å²) in [6, 6.07) is 9.16. The van der Waals surface area contributed by atoms with Gasteiger partial charge in [-0.2, -0.15) is 0 Å². The van der Waals surface area contributed by atoms with Gasteiger partial charge in [0, 0.05) is 36.3 Å². The summed E-state index contributed by atoms with van der Waals surface area (Å²) in [4.78, 5) is 2.50. The average molecular weight is 419 g/mol. The SMILES string of the molecule is CCCC(N)C(C)C(C)(C)[N+](C)(C)C1CCN(c2ccc(N)cc2)C1.Cl.[Cl-]. The Labute approximate surface area is 179 Å². The Kier molecular flexibility index (Phi) is 9.94. The second kappa shape index (κ2) is 10.2. The number of quaternary nitrogens is 1. The summed E-state index contributed by atoms with van der Waals surface area (Å²) < 4.78 is 1.01. The van der Waals surface area contributed by atoms with Gasteiger partial charge in [0.25, 0.3) is 0 Å². The van der Waals surface area contributed by atoms with Crippen molar-refractivity contribution in [1.29, 1.82) is 0 Å². The molecule has 1 aromatic rings. The van der Waals surface area contributed by atoms with E-state index in [0.717, 1.165) is 36.1 Å². The quantitative estimate of drug-likeness (QED) is 0.510. The van der Waals surface area contributed by atoms with Crippen molar-refractivity contribution in [2.24, 2.45) is 11.7 Å². The summed E-state index contributed by atoms with van der Waals surface area (Å²) in [6.45, 7) is 11.6. The average Bonchev–Trinajstić information content (AvgIpc) is 3.05. The zero-order valence-electron chi connectivity index (χ0n) is 17.9. The Morgan fingerprint density at radius 1 is 1.22 bits per heavy atom. The predicted octanol–water partition coefficient (Wildman–Crippen LogP) is 0.892. The fourth-order valence-corrected chi connectivity index (χ4v) is 4.29. The van der Waals surface area contributed by atoms with E-state index in [0.29, 0.717) is 12.0 Å². The Balaban J connectivity index is 0.00000338. The van der Waals surface area contributed by atoms with E-state index in [1.807, 2.05) is 12.1 Å². The van der Waals surface area contributed by atoms with E-state index in [1.54, 1.807) is 0 Å². The van der Waals surface area contributed by atoms with E-state index in [4.69, 9.17) is 11.5 Å². The van der Waals surface area contributed by atoms with Crippen LogP contribution in [0.2, 0.25) is 0 Å². The van der Waals surface area contributed by atoms with Crippen molar-refractivity contribution in [3.8, 4) is 0 Å². The van der Waals surface area contributed by atoms with Crippen LogP contribution in [0.3, 0.4) is 0 Å². The lowest BCUT2D eigenvalue weighted by Gasteiger charge is -2.52. The third kappa shape index (κ3) is 5.44. The number of hydrogen-bond donors (Lipinski definition) is 2. The summed E-state index contributed by atoms with van der Waals surface area (Å²) in [5.74, 6) is 0.480. The van der Waals surface area contributed by atoms with E-state index in [9.17, 15) is 0 Å². The summed E-state index contributed by atoms with van der Waals surface area (Å²) in [6.07, 6.45) is 3.48. The van der Waals surface area contributed by atoms with Crippen molar-refractivity contribution in [2.45, 2.75) is 64.6 Å². The molecule has 3 atom stereocenters. The number of halogens is 2. The van der Waals surface area contributed by atoms with Crippen LogP contribution in [-0.4, -0.2) is 49.3 Å². The molecule has 1 aromatic carbocycles. The highest BCUT2D eigenvalue weighted by Crippen LogP contribution is 2.37. The van der Waals surface area contributed by atoms with E-state index >= 15 is 0 Å². The van der Waals surface area contributed by atoms with Gasteiger partial charge in [-0.3, -0.25) is 0 Å². The van der Waals surface area contributed by atoms with E-state index in [1.165, 1.54) is 12.1 Å². The molecule has 27 heavy (non-hydrogen) atoms. The molecule has 0 radical (unpaired) electrons. The van der Waals surface area contributed by atoms with Gasteiger partial charge in [0.2, 0.25) is 0 Å². The molecule has 0 aromatic heterocycles. The van der Waals surface area contributed by atoms with Crippen molar-refractivity contribution >= 4 is 23.8 Å². The fraction of sp³-hybridized carbons (Fsp3) is 0.714. The lowest BCUT2D eigenvalue weighted by atomic mass is 9.78. The summed E-state index contributed by atoms with van der Waals surface area (Å²) in [5, 5.41) is 0. The molecule has 0 spiro atoms. The Bertz CT molecular complexity index is 560. The van der Waals surface area contributed by atoms with Crippen LogP contribution >= 0.6 is 12.4 Å². The molecule has 6 heteroatoms. The third-order valence-corrected chi connectivity index (χ3v) is 7.20.